The maximum absolute atomic E-state index is 12.5. The molecule has 7 aliphatic rings. The fourth-order valence-electron chi connectivity index (χ4n) is 11.4. The average molecular weight is 699 g/mol. The van der Waals surface area contributed by atoms with E-state index in [1.165, 1.54) is 0 Å². The molecule has 0 radical (unpaired) electrons. The summed E-state index contributed by atoms with van der Waals surface area (Å²) in [6, 6.07) is 0. The van der Waals surface area contributed by atoms with E-state index in [9.17, 15) is 45.6 Å². The third-order valence-corrected chi connectivity index (χ3v) is 14.1. The van der Waals surface area contributed by atoms with Crippen molar-refractivity contribution in [3.05, 3.63) is 11.6 Å². The summed E-state index contributed by atoms with van der Waals surface area (Å²) in [7, 11) is 0. The van der Waals surface area contributed by atoms with E-state index in [0.29, 0.717) is 51.4 Å². The van der Waals surface area contributed by atoms with E-state index >= 15 is 0 Å². The number of aliphatic hydroxyl groups is 8. The number of ether oxygens (including phenoxy) is 5. The highest BCUT2D eigenvalue weighted by atomic mass is 16.7. The van der Waals surface area contributed by atoms with Crippen LogP contribution in [0.25, 0.3) is 0 Å². The summed E-state index contributed by atoms with van der Waals surface area (Å²) in [6.07, 6.45) is -6.43. The monoisotopic (exact) mass is 698 g/mol. The first-order valence-corrected chi connectivity index (χ1v) is 18.0. The summed E-state index contributed by atoms with van der Waals surface area (Å²) < 4.78 is 28.9. The van der Waals surface area contributed by atoms with Gasteiger partial charge in [-0.1, -0.05) is 13.8 Å². The predicted octanol–water partition coefficient (Wildman–Crippen LogP) is -0.605. The van der Waals surface area contributed by atoms with Crippen LogP contribution in [0.1, 0.15) is 78.6 Å². The highest BCUT2D eigenvalue weighted by molar-refractivity contribution is 5.85. The van der Waals surface area contributed by atoms with Crippen LogP contribution in [0.15, 0.2) is 11.6 Å². The molecule has 18 atom stereocenters. The molecule has 3 aliphatic heterocycles. The Kier molecular flexibility index (Phi) is 9.36. The third kappa shape index (κ3) is 5.56. The van der Waals surface area contributed by atoms with Crippen LogP contribution in [-0.2, 0) is 28.5 Å². The molecule has 49 heavy (non-hydrogen) atoms. The molecule has 8 N–H and O–H groups in total. The van der Waals surface area contributed by atoms with E-state index in [0.717, 1.165) is 5.57 Å². The number of hydrogen-bond acceptors (Lipinski definition) is 14. The van der Waals surface area contributed by atoms with Crippen LogP contribution in [0.5, 0.6) is 0 Å². The normalized spacial score (nSPS) is 56.0. The van der Waals surface area contributed by atoms with Gasteiger partial charge in [0.05, 0.1) is 42.2 Å². The summed E-state index contributed by atoms with van der Waals surface area (Å²) >= 11 is 0. The first kappa shape index (κ1) is 36.1. The minimum Gasteiger partial charge on any atom is -0.458 e. The first-order chi connectivity index (χ1) is 23.0. The fourth-order valence-corrected chi connectivity index (χ4v) is 11.4. The second kappa shape index (κ2) is 12.7. The van der Waals surface area contributed by atoms with Crippen molar-refractivity contribution < 1.29 is 69.3 Å². The summed E-state index contributed by atoms with van der Waals surface area (Å²) in [6.45, 7) is 5.37. The first-order valence-electron chi connectivity index (χ1n) is 18.0. The van der Waals surface area contributed by atoms with Crippen molar-refractivity contribution in [1.82, 2.24) is 0 Å². The van der Waals surface area contributed by atoms with Crippen molar-refractivity contribution in [2.45, 2.75) is 157 Å². The SMILES string of the molecule is CC1OC(OC2CCC3(C)C4C(O)CC5(C)C(C6=CC(=O)OC6)CCC5(O)C4CCC3(O)C2)CC(O)C1OC1OC(CO)C(O)C(O)C1O. The number of hydrogen-bond donors (Lipinski definition) is 8. The lowest BCUT2D eigenvalue weighted by molar-refractivity contribution is -0.346. The predicted molar refractivity (Wildman–Crippen MR) is 167 cm³/mol. The maximum atomic E-state index is 12.5. The fraction of sp³-hybridized carbons (Fsp3) is 0.914. The van der Waals surface area contributed by atoms with Gasteiger partial charge in [0, 0.05) is 29.7 Å². The van der Waals surface area contributed by atoms with Crippen LogP contribution in [0.4, 0.5) is 0 Å². The molecule has 3 heterocycles. The van der Waals surface area contributed by atoms with E-state index in [1.54, 1.807) is 13.0 Å². The van der Waals surface area contributed by atoms with Gasteiger partial charge < -0.3 is 64.5 Å². The van der Waals surface area contributed by atoms with E-state index < -0.39 is 96.2 Å². The highest BCUT2D eigenvalue weighted by Crippen LogP contribution is 2.70. The minimum absolute atomic E-state index is 0.0297. The molecule has 18 unspecified atom stereocenters. The van der Waals surface area contributed by atoms with Crippen LogP contribution >= 0.6 is 0 Å². The molecule has 14 nitrogen and oxygen atoms in total. The molecule has 0 bridgehead atoms. The summed E-state index contributed by atoms with van der Waals surface area (Å²) in [5, 5.41) is 87.8. The Bertz CT molecular complexity index is 1280. The standard InChI is InChI=1S/C35H54O14/c1-16-30(49-31-29(42)28(41)27(40)23(14-36)48-31)21(37)11-25(46-16)47-18-4-7-32(2)26-20(5-8-34(32,43)12-18)35(44)9-6-19(17-10-24(39)45-15-17)33(35,3)13-22(26)38/h10,16,18-23,25-31,36-38,40-44H,4-9,11-15H2,1-3H3. The van der Waals surface area contributed by atoms with Crippen LogP contribution in [0.2, 0.25) is 0 Å². The number of esters is 1. The Balaban J connectivity index is 1.00. The van der Waals surface area contributed by atoms with Gasteiger partial charge in [0.15, 0.2) is 12.6 Å². The quantitative estimate of drug-likeness (QED) is 0.128. The van der Waals surface area contributed by atoms with Crippen molar-refractivity contribution in [3.63, 3.8) is 0 Å². The van der Waals surface area contributed by atoms with Crippen molar-refractivity contribution in [3.8, 4) is 0 Å². The van der Waals surface area contributed by atoms with Crippen molar-refractivity contribution in [2.75, 3.05) is 13.2 Å². The molecule has 4 saturated carbocycles. The number of fused-ring (bicyclic) bond motifs is 5. The van der Waals surface area contributed by atoms with Gasteiger partial charge in [0.1, 0.15) is 37.1 Å². The molecule has 0 aromatic heterocycles. The molecular weight excluding hydrogens is 644 g/mol. The van der Waals surface area contributed by atoms with Gasteiger partial charge in [-0.3, -0.25) is 0 Å². The Labute approximate surface area is 285 Å². The van der Waals surface area contributed by atoms with E-state index in [2.05, 4.69) is 0 Å². The van der Waals surface area contributed by atoms with Crippen LogP contribution in [-0.4, -0.2) is 139 Å². The van der Waals surface area contributed by atoms with Crippen molar-refractivity contribution >= 4 is 5.97 Å². The van der Waals surface area contributed by atoms with Crippen LogP contribution in [0, 0.1) is 28.6 Å². The van der Waals surface area contributed by atoms with E-state index in [1.807, 2.05) is 13.8 Å². The topological polar surface area (TPSA) is 225 Å². The van der Waals surface area contributed by atoms with Gasteiger partial charge in [-0.05, 0) is 75.2 Å². The molecule has 0 amide bonds. The zero-order valence-corrected chi connectivity index (χ0v) is 28.5. The van der Waals surface area contributed by atoms with Crippen molar-refractivity contribution in [1.29, 1.82) is 0 Å². The number of carbonyl (C=O) groups excluding carboxylic acids is 1. The smallest absolute Gasteiger partial charge is 0.331 e. The molecule has 0 spiro atoms. The number of aliphatic hydroxyl groups excluding tert-OH is 6. The van der Waals surface area contributed by atoms with Gasteiger partial charge in [0.2, 0.25) is 0 Å². The lowest BCUT2D eigenvalue weighted by Gasteiger charge is -2.67. The average Bonchev–Trinajstić information content (AvgIpc) is 3.58. The van der Waals surface area contributed by atoms with E-state index in [-0.39, 0.29) is 36.8 Å². The third-order valence-electron chi connectivity index (χ3n) is 14.1. The van der Waals surface area contributed by atoms with Gasteiger partial charge in [0.25, 0.3) is 0 Å². The highest BCUT2D eigenvalue weighted by Gasteiger charge is 2.72. The minimum atomic E-state index is -1.62. The number of cyclic esters (lactones) is 1. The zero-order chi connectivity index (χ0) is 35.3. The molecular formula is C35H54O14. The summed E-state index contributed by atoms with van der Waals surface area (Å²) in [5.41, 5.74) is -2.63. The second-order valence-electron chi connectivity index (χ2n) is 16.5. The van der Waals surface area contributed by atoms with Gasteiger partial charge >= 0.3 is 5.97 Å². The molecule has 278 valence electrons. The van der Waals surface area contributed by atoms with Crippen LogP contribution < -0.4 is 0 Å². The lowest BCUT2D eigenvalue weighted by Crippen LogP contribution is -2.70. The Morgan fingerprint density at radius 2 is 1.63 bits per heavy atom. The Hall–Kier alpha value is -1.27. The van der Waals surface area contributed by atoms with Gasteiger partial charge in [-0.2, -0.15) is 0 Å². The van der Waals surface area contributed by atoms with Gasteiger partial charge in [-0.25, -0.2) is 4.79 Å². The maximum Gasteiger partial charge on any atom is 0.331 e. The Morgan fingerprint density at radius 1 is 0.878 bits per heavy atom. The Morgan fingerprint density at radius 3 is 2.31 bits per heavy atom. The lowest BCUT2D eigenvalue weighted by atomic mass is 9.41. The molecule has 0 aromatic rings. The number of carbonyl (C=O) groups is 1. The molecule has 6 fully saturated rings. The van der Waals surface area contributed by atoms with Crippen LogP contribution in [0.3, 0.4) is 0 Å². The van der Waals surface area contributed by atoms with Crippen molar-refractivity contribution in [2.24, 2.45) is 28.6 Å². The largest absolute Gasteiger partial charge is 0.458 e. The van der Waals surface area contributed by atoms with E-state index in [4.69, 9.17) is 23.7 Å². The summed E-state index contributed by atoms with van der Waals surface area (Å²) in [4.78, 5) is 11.9. The molecule has 2 saturated heterocycles. The number of rotatable bonds is 6. The van der Waals surface area contributed by atoms with Gasteiger partial charge in [-0.15, -0.1) is 0 Å². The summed E-state index contributed by atoms with van der Waals surface area (Å²) in [5.74, 6) is -0.965. The second-order valence-corrected chi connectivity index (χ2v) is 16.5. The molecule has 4 aliphatic carbocycles. The molecule has 0 aromatic carbocycles. The molecule has 14 heteroatoms. The zero-order valence-electron chi connectivity index (χ0n) is 28.5. The molecule has 7 rings (SSSR count).